The van der Waals surface area contributed by atoms with Crippen LogP contribution >= 0.6 is 0 Å². The van der Waals surface area contributed by atoms with Crippen LogP contribution in [-0.4, -0.2) is 30.7 Å². The van der Waals surface area contributed by atoms with Crippen LogP contribution in [-0.2, 0) is 22.9 Å². The number of carbonyl (C=O) groups excluding carboxylic acids is 1. The van der Waals surface area contributed by atoms with Crippen molar-refractivity contribution in [2.45, 2.75) is 25.1 Å². The van der Waals surface area contributed by atoms with Gasteiger partial charge in [0, 0.05) is 23.5 Å². The van der Waals surface area contributed by atoms with Gasteiger partial charge in [-0.15, -0.1) is 0 Å². The molecule has 3 aliphatic rings. The minimum Gasteiger partial charge on any atom is -0.491 e. The Morgan fingerprint density at radius 1 is 1.00 bits per heavy atom. The number of ether oxygens (including phenoxy) is 3. The van der Waals surface area contributed by atoms with Gasteiger partial charge in [-0.2, -0.15) is 13.2 Å². The summed E-state index contributed by atoms with van der Waals surface area (Å²) >= 11 is 0. The molecule has 174 valence electrons. The van der Waals surface area contributed by atoms with Crippen LogP contribution in [0.25, 0.3) is 0 Å². The summed E-state index contributed by atoms with van der Waals surface area (Å²) in [5.74, 6) is 1.19. The third-order valence-corrected chi connectivity index (χ3v) is 6.56. The van der Waals surface area contributed by atoms with Crippen molar-refractivity contribution in [3.05, 3.63) is 76.6 Å². The normalized spacial score (nSPS) is 20.4. The minimum absolute atomic E-state index is 0.0331. The quantitative estimate of drug-likeness (QED) is 0.558. The summed E-state index contributed by atoms with van der Waals surface area (Å²) in [6.45, 7) is 2.42. The first-order valence-electron chi connectivity index (χ1n) is 10.8. The van der Waals surface area contributed by atoms with Crippen LogP contribution in [0.1, 0.15) is 27.9 Å². The Hall–Kier alpha value is -3.75. The lowest BCUT2D eigenvalue weighted by Gasteiger charge is -2.25. The van der Waals surface area contributed by atoms with Gasteiger partial charge >= 0.3 is 6.18 Å². The number of aryl methyl sites for hydroxylation is 1. The molecule has 0 radical (unpaired) electrons. The molecule has 0 saturated carbocycles. The van der Waals surface area contributed by atoms with Crippen molar-refractivity contribution < 1.29 is 32.2 Å². The number of benzene rings is 2. The largest absolute Gasteiger partial charge is 0.491 e. The standard InChI is InChI=1S/C25H19F3N2O4/c1-14-4-5-19-16(9-14)24(13-34-20-11-22-21(10-17(20)24)32-7-8-33-22)23(31)30(19)12-18-15(25(26,27)28)3-2-6-29-18/h2-6,9-11H,7-8,12-13H2,1H3. The third-order valence-electron chi connectivity index (χ3n) is 6.56. The van der Waals surface area contributed by atoms with Crippen molar-refractivity contribution in [3.8, 4) is 17.2 Å². The Bertz CT molecular complexity index is 1340. The van der Waals surface area contributed by atoms with Crippen LogP contribution in [0.5, 0.6) is 17.2 Å². The number of nitrogens with zero attached hydrogens (tertiary/aromatic N) is 2. The highest BCUT2D eigenvalue weighted by atomic mass is 19.4. The number of halogens is 3. The molecule has 4 heterocycles. The maximum Gasteiger partial charge on any atom is 0.418 e. The second-order valence-electron chi connectivity index (χ2n) is 8.59. The van der Waals surface area contributed by atoms with Crippen LogP contribution in [0.4, 0.5) is 18.9 Å². The molecule has 3 aliphatic heterocycles. The highest BCUT2D eigenvalue weighted by Crippen LogP contribution is 2.55. The average molecular weight is 468 g/mol. The number of carbonyl (C=O) groups is 1. The Morgan fingerprint density at radius 3 is 2.53 bits per heavy atom. The Kier molecular flexibility index (Phi) is 4.36. The summed E-state index contributed by atoms with van der Waals surface area (Å²) in [4.78, 5) is 19.4. The number of aromatic nitrogens is 1. The maximum atomic E-state index is 14.1. The molecule has 34 heavy (non-hydrogen) atoms. The molecule has 0 aliphatic carbocycles. The summed E-state index contributed by atoms with van der Waals surface area (Å²) in [6, 6.07) is 11.2. The van der Waals surface area contributed by atoms with Gasteiger partial charge in [-0.3, -0.25) is 9.78 Å². The van der Waals surface area contributed by atoms with Gasteiger partial charge < -0.3 is 19.1 Å². The van der Waals surface area contributed by atoms with Gasteiger partial charge in [0.25, 0.3) is 0 Å². The van der Waals surface area contributed by atoms with E-state index in [2.05, 4.69) is 4.98 Å². The van der Waals surface area contributed by atoms with Crippen LogP contribution in [0.3, 0.4) is 0 Å². The summed E-state index contributed by atoms with van der Waals surface area (Å²) < 4.78 is 58.2. The molecule has 0 fully saturated rings. The Morgan fingerprint density at radius 2 is 1.76 bits per heavy atom. The first-order valence-corrected chi connectivity index (χ1v) is 10.8. The fourth-order valence-electron chi connectivity index (χ4n) is 5.00. The number of rotatable bonds is 2. The van der Waals surface area contributed by atoms with Crippen LogP contribution < -0.4 is 19.1 Å². The number of hydrogen-bond donors (Lipinski definition) is 0. The van der Waals surface area contributed by atoms with Gasteiger partial charge in [0.1, 0.15) is 31.0 Å². The molecule has 3 aromatic rings. The Labute approximate surface area is 192 Å². The molecule has 1 atom stereocenters. The Balaban J connectivity index is 1.50. The second-order valence-corrected chi connectivity index (χ2v) is 8.59. The van der Waals surface area contributed by atoms with E-state index in [1.165, 1.54) is 17.2 Å². The molecule has 1 spiro atoms. The van der Waals surface area contributed by atoms with Crippen molar-refractivity contribution in [2.24, 2.45) is 0 Å². The van der Waals surface area contributed by atoms with Crippen molar-refractivity contribution in [3.63, 3.8) is 0 Å². The lowest BCUT2D eigenvalue weighted by atomic mass is 9.76. The molecular formula is C25H19F3N2O4. The molecule has 1 amide bonds. The predicted octanol–water partition coefficient (Wildman–Crippen LogP) is 4.41. The summed E-state index contributed by atoms with van der Waals surface area (Å²) in [5.41, 5.74) is 0.506. The van der Waals surface area contributed by atoms with Crippen LogP contribution in [0, 0.1) is 6.92 Å². The number of pyridine rings is 1. The second kappa shape index (κ2) is 7.12. The number of anilines is 1. The smallest absolute Gasteiger partial charge is 0.418 e. The monoisotopic (exact) mass is 468 g/mol. The van der Waals surface area contributed by atoms with Crippen molar-refractivity contribution in [2.75, 3.05) is 24.7 Å². The molecule has 2 aromatic carbocycles. The summed E-state index contributed by atoms with van der Waals surface area (Å²) in [5, 5.41) is 0. The third kappa shape index (κ3) is 2.89. The van der Waals surface area contributed by atoms with E-state index in [9.17, 15) is 18.0 Å². The molecule has 0 bridgehead atoms. The fraction of sp³-hybridized carbons (Fsp3) is 0.280. The van der Waals surface area contributed by atoms with E-state index in [-0.39, 0.29) is 24.8 Å². The summed E-state index contributed by atoms with van der Waals surface area (Å²) in [6.07, 6.45) is -3.28. The lowest BCUT2D eigenvalue weighted by molar-refractivity contribution is -0.138. The van der Waals surface area contributed by atoms with E-state index >= 15 is 0 Å². The van der Waals surface area contributed by atoms with Crippen molar-refractivity contribution >= 4 is 11.6 Å². The molecule has 6 rings (SSSR count). The maximum absolute atomic E-state index is 14.1. The molecule has 1 unspecified atom stereocenters. The molecule has 0 N–H and O–H groups in total. The highest BCUT2D eigenvalue weighted by molar-refractivity contribution is 6.11. The molecule has 0 saturated heterocycles. The van der Waals surface area contributed by atoms with E-state index in [0.717, 1.165) is 11.6 Å². The van der Waals surface area contributed by atoms with Gasteiger partial charge in [0.05, 0.1) is 17.8 Å². The van der Waals surface area contributed by atoms with Crippen molar-refractivity contribution in [1.82, 2.24) is 4.98 Å². The van der Waals surface area contributed by atoms with Gasteiger partial charge in [-0.25, -0.2) is 0 Å². The number of fused-ring (bicyclic) bond motifs is 5. The van der Waals surface area contributed by atoms with Gasteiger partial charge in [0.2, 0.25) is 5.91 Å². The zero-order valence-corrected chi connectivity index (χ0v) is 18.1. The first kappa shape index (κ1) is 20.8. The van der Waals surface area contributed by atoms with Crippen LogP contribution in [0.2, 0.25) is 0 Å². The van der Waals surface area contributed by atoms with E-state index in [4.69, 9.17) is 14.2 Å². The number of hydrogen-bond acceptors (Lipinski definition) is 5. The first-order chi connectivity index (χ1) is 16.3. The highest BCUT2D eigenvalue weighted by Gasteiger charge is 2.57. The predicted molar refractivity (Wildman–Crippen MR) is 115 cm³/mol. The van der Waals surface area contributed by atoms with E-state index in [1.807, 2.05) is 19.1 Å². The molecular weight excluding hydrogens is 449 g/mol. The number of amides is 1. The van der Waals surface area contributed by atoms with Gasteiger partial charge in [-0.1, -0.05) is 17.7 Å². The zero-order valence-electron chi connectivity index (χ0n) is 18.1. The van der Waals surface area contributed by atoms with E-state index in [1.54, 1.807) is 18.2 Å². The SMILES string of the molecule is Cc1ccc2c(c1)C1(COc3cc4c(cc31)OCCO4)C(=O)N2Cc1ncccc1C(F)(F)F. The van der Waals surface area contributed by atoms with Crippen LogP contribution in [0.15, 0.2) is 48.7 Å². The number of alkyl halides is 3. The van der Waals surface area contributed by atoms with E-state index < -0.39 is 17.2 Å². The fourth-order valence-corrected chi connectivity index (χ4v) is 5.00. The van der Waals surface area contributed by atoms with Gasteiger partial charge in [0.15, 0.2) is 11.5 Å². The minimum atomic E-state index is -4.58. The summed E-state index contributed by atoms with van der Waals surface area (Å²) in [7, 11) is 0. The zero-order chi connectivity index (χ0) is 23.7. The molecule has 9 heteroatoms. The van der Waals surface area contributed by atoms with Crippen molar-refractivity contribution in [1.29, 1.82) is 0 Å². The lowest BCUT2D eigenvalue weighted by Crippen LogP contribution is -2.42. The van der Waals surface area contributed by atoms with E-state index in [0.29, 0.717) is 47.3 Å². The topological polar surface area (TPSA) is 60.9 Å². The molecule has 6 nitrogen and oxygen atoms in total. The van der Waals surface area contributed by atoms with Gasteiger partial charge in [-0.05, 0) is 36.8 Å². The average Bonchev–Trinajstić information content (AvgIpc) is 3.29. The molecule has 1 aromatic heterocycles.